The zero-order valence-corrected chi connectivity index (χ0v) is 16.3. The van der Waals surface area contributed by atoms with Crippen LogP contribution >= 0.6 is 0 Å². The number of carbonyl (C=O) groups is 2. The van der Waals surface area contributed by atoms with Crippen LogP contribution in [0.25, 0.3) is 0 Å². The van der Waals surface area contributed by atoms with Crippen LogP contribution in [0, 0.1) is 0 Å². The summed E-state index contributed by atoms with van der Waals surface area (Å²) in [6.45, 7) is 3.48. The number of hydrogen-bond acceptors (Lipinski definition) is 4. The molecule has 2 aromatic carbocycles. The molecule has 0 spiro atoms. The number of sulfonamides is 1. The molecule has 0 aliphatic rings. The maximum absolute atomic E-state index is 12.7. The molecule has 8 heteroatoms. The second kappa shape index (κ2) is 8.22. The summed E-state index contributed by atoms with van der Waals surface area (Å²) in [5.41, 5.74) is 7.14. The molecule has 7 nitrogen and oxygen atoms in total. The smallest absolute Gasteiger partial charge is 0.250 e. The molecule has 0 aromatic heterocycles. The van der Waals surface area contributed by atoms with Crippen LogP contribution in [0.1, 0.15) is 29.8 Å². The number of anilines is 2. The third-order valence-electron chi connectivity index (χ3n) is 4.14. The number of benzene rings is 2. The number of carbonyl (C=O) groups excluding carboxylic acids is 2. The predicted molar refractivity (Wildman–Crippen MR) is 106 cm³/mol. The molecule has 0 aliphatic carbocycles. The number of nitrogens with two attached hydrogens (primary N) is 1. The average molecular weight is 389 g/mol. The maximum atomic E-state index is 12.7. The zero-order chi connectivity index (χ0) is 20.2. The molecular weight excluding hydrogens is 366 g/mol. The molecule has 0 aliphatic heterocycles. The van der Waals surface area contributed by atoms with Gasteiger partial charge in [0.25, 0.3) is 5.91 Å². The van der Waals surface area contributed by atoms with Crippen molar-refractivity contribution in [2.75, 3.05) is 15.9 Å². The molecule has 0 heterocycles. The van der Waals surface area contributed by atoms with Crippen molar-refractivity contribution in [3.05, 3.63) is 59.7 Å². The number of nitrogens with one attached hydrogen (secondary N) is 1. The van der Waals surface area contributed by atoms with Gasteiger partial charge in [-0.3, -0.25) is 13.9 Å². The number of nitrogens with zero attached hydrogens (tertiary/aromatic N) is 1. The molecule has 0 fully saturated rings. The second-order valence-electron chi connectivity index (χ2n) is 6.15. The maximum Gasteiger partial charge on any atom is 0.250 e. The summed E-state index contributed by atoms with van der Waals surface area (Å²) in [6, 6.07) is 12.2. The van der Waals surface area contributed by atoms with Gasteiger partial charge in [-0.15, -0.1) is 0 Å². The molecule has 0 saturated heterocycles. The van der Waals surface area contributed by atoms with Gasteiger partial charge in [0.1, 0.15) is 6.04 Å². The Kier molecular flexibility index (Phi) is 6.22. The van der Waals surface area contributed by atoms with Gasteiger partial charge < -0.3 is 11.1 Å². The quantitative estimate of drug-likeness (QED) is 0.756. The lowest BCUT2D eigenvalue weighted by Gasteiger charge is -2.28. The molecule has 0 saturated carbocycles. The summed E-state index contributed by atoms with van der Waals surface area (Å²) in [5.74, 6) is -1.26. The highest BCUT2D eigenvalue weighted by Gasteiger charge is 2.29. The topological polar surface area (TPSA) is 110 Å². The Morgan fingerprint density at radius 2 is 1.70 bits per heavy atom. The van der Waals surface area contributed by atoms with E-state index in [9.17, 15) is 18.0 Å². The first-order valence-corrected chi connectivity index (χ1v) is 10.3. The number of para-hydroxylation sites is 1. The minimum atomic E-state index is -3.72. The predicted octanol–water partition coefficient (Wildman–Crippen LogP) is 2.14. The van der Waals surface area contributed by atoms with Gasteiger partial charge in [-0.25, -0.2) is 8.42 Å². The Bertz CT molecular complexity index is 940. The van der Waals surface area contributed by atoms with Gasteiger partial charge in [-0.2, -0.15) is 0 Å². The fourth-order valence-electron chi connectivity index (χ4n) is 2.73. The summed E-state index contributed by atoms with van der Waals surface area (Å²) in [5, 5.41) is 2.59. The van der Waals surface area contributed by atoms with Crippen molar-refractivity contribution in [1.82, 2.24) is 0 Å². The number of rotatable bonds is 7. The second-order valence-corrected chi connectivity index (χ2v) is 8.01. The lowest BCUT2D eigenvalue weighted by Crippen LogP contribution is -2.45. The van der Waals surface area contributed by atoms with E-state index in [4.69, 9.17) is 5.73 Å². The SMILES string of the molecule is CCc1ccc(N([C@@H](C)C(=O)Nc2ccccc2C(N)=O)S(C)(=O)=O)cc1. The minimum absolute atomic E-state index is 0.149. The highest BCUT2D eigenvalue weighted by Crippen LogP contribution is 2.23. The largest absolute Gasteiger partial charge is 0.366 e. The molecule has 3 N–H and O–H groups in total. The third kappa shape index (κ3) is 4.85. The Morgan fingerprint density at radius 3 is 2.22 bits per heavy atom. The third-order valence-corrected chi connectivity index (χ3v) is 5.38. The first-order valence-electron chi connectivity index (χ1n) is 8.43. The van der Waals surface area contributed by atoms with E-state index in [2.05, 4.69) is 5.32 Å². The van der Waals surface area contributed by atoms with Crippen LogP contribution in [-0.2, 0) is 21.2 Å². The minimum Gasteiger partial charge on any atom is -0.366 e. The van der Waals surface area contributed by atoms with E-state index in [1.54, 1.807) is 24.3 Å². The van der Waals surface area contributed by atoms with Crippen molar-refractivity contribution in [1.29, 1.82) is 0 Å². The fourth-order valence-corrected chi connectivity index (χ4v) is 3.91. The molecular formula is C19H23N3O4S. The van der Waals surface area contributed by atoms with Crippen LogP contribution < -0.4 is 15.4 Å². The Labute approximate surface area is 159 Å². The van der Waals surface area contributed by atoms with Crippen molar-refractivity contribution in [3.8, 4) is 0 Å². The standard InChI is InChI=1S/C19H23N3O4S/c1-4-14-9-11-15(12-10-14)22(27(3,25)26)13(2)19(24)21-17-8-6-5-7-16(17)18(20)23/h5-13H,4H2,1-3H3,(H2,20,23)(H,21,24)/t13-/m0/s1. The van der Waals surface area contributed by atoms with Gasteiger partial charge in [0.2, 0.25) is 15.9 Å². The molecule has 0 unspecified atom stereocenters. The van der Waals surface area contributed by atoms with Gasteiger partial charge in [-0.05, 0) is 43.2 Å². The number of aryl methyl sites for hydroxylation is 1. The molecule has 2 rings (SSSR count). The van der Waals surface area contributed by atoms with Gasteiger partial charge in [0, 0.05) is 0 Å². The molecule has 144 valence electrons. The van der Waals surface area contributed by atoms with E-state index in [-0.39, 0.29) is 11.3 Å². The van der Waals surface area contributed by atoms with Crippen LogP contribution in [0.4, 0.5) is 11.4 Å². The number of hydrogen-bond donors (Lipinski definition) is 2. The Hall–Kier alpha value is -2.87. The zero-order valence-electron chi connectivity index (χ0n) is 15.5. The summed E-state index contributed by atoms with van der Waals surface area (Å²) >= 11 is 0. The average Bonchev–Trinajstić information content (AvgIpc) is 2.61. The van der Waals surface area contributed by atoms with Gasteiger partial charge in [0.05, 0.1) is 23.2 Å². The van der Waals surface area contributed by atoms with Gasteiger partial charge in [-0.1, -0.05) is 31.2 Å². The van der Waals surface area contributed by atoms with Gasteiger partial charge in [0.15, 0.2) is 0 Å². The van der Waals surface area contributed by atoms with E-state index >= 15 is 0 Å². The molecule has 2 aromatic rings. The van der Waals surface area contributed by atoms with E-state index in [1.807, 2.05) is 19.1 Å². The summed E-state index contributed by atoms with van der Waals surface area (Å²) < 4.78 is 25.7. The molecule has 0 bridgehead atoms. The van der Waals surface area contributed by atoms with Gasteiger partial charge >= 0.3 is 0 Å². The lowest BCUT2D eigenvalue weighted by atomic mass is 10.1. The first kappa shape index (κ1) is 20.4. The molecule has 27 heavy (non-hydrogen) atoms. The fraction of sp³-hybridized carbons (Fsp3) is 0.263. The Morgan fingerprint density at radius 1 is 1.11 bits per heavy atom. The summed E-state index contributed by atoms with van der Waals surface area (Å²) in [7, 11) is -3.72. The lowest BCUT2D eigenvalue weighted by molar-refractivity contribution is -0.116. The van der Waals surface area contributed by atoms with E-state index in [0.29, 0.717) is 5.69 Å². The van der Waals surface area contributed by atoms with Crippen LogP contribution in [0.2, 0.25) is 0 Å². The summed E-state index contributed by atoms with van der Waals surface area (Å²) in [6.07, 6.45) is 1.86. The van der Waals surface area contributed by atoms with Crippen molar-refractivity contribution >= 4 is 33.2 Å². The normalized spacial score (nSPS) is 12.3. The Balaban J connectivity index is 2.34. The molecule has 2 amide bonds. The highest BCUT2D eigenvalue weighted by atomic mass is 32.2. The van der Waals surface area contributed by atoms with E-state index in [1.165, 1.54) is 19.1 Å². The van der Waals surface area contributed by atoms with Crippen molar-refractivity contribution < 1.29 is 18.0 Å². The van der Waals surface area contributed by atoms with Crippen LogP contribution in [0.3, 0.4) is 0 Å². The monoisotopic (exact) mass is 389 g/mol. The first-order chi connectivity index (χ1) is 12.6. The number of primary amides is 1. The van der Waals surface area contributed by atoms with E-state index in [0.717, 1.165) is 22.5 Å². The van der Waals surface area contributed by atoms with Crippen LogP contribution in [0.15, 0.2) is 48.5 Å². The summed E-state index contributed by atoms with van der Waals surface area (Å²) in [4.78, 5) is 24.2. The molecule has 1 atom stereocenters. The van der Waals surface area contributed by atoms with Crippen molar-refractivity contribution in [2.24, 2.45) is 5.73 Å². The van der Waals surface area contributed by atoms with Crippen LogP contribution in [-0.4, -0.2) is 32.5 Å². The van der Waals surface area contributed by atoms with Crippen molar-refractivity contribution in [2.45, 2.75) is 26.3 Å². The van der Waals surface area contributed by atoms with E-state index < -0.39 is 27.9 Å². The molecule has 0 radical (unpaired) electrons. The number of amides is 2. The van der Waals surface area contributed by atoms with Crippen LogP contribution in [0.5, 0.6) is 0 Å². The van der Waals surface area contributed by atoms with Crippen molar-refractivity contribution in [3.63, 3.8) is 0 Å². The highest BCUT2D eigenvalue weighted by molar-refractivity contribution is 7.92.